The number of nitro benzene ring substituents is 1. The molecule has 1 amide bonds. The second kappa shape index (κ2) is 8.98. The van der Waals surface area contributed by atoms with E-state index in [4.69, 9.17) is 9.84 Å². The molecular weight excluding hydrogens is 364 g/mol. The van der Waals surface area contributed by atoms with Crippen LogP contribution in [0.4, 0.5) is 5.69 Å². The minimum Gasteiger partial charge on any atom is -0.482 e. The maximum absolute atomic E-state index is 12.7. The SMILES string of the molecule is CC(C)c1ccc(C(=O)N(C)Cc2ccc(OCC(=O)O)cc2)cc1[N+](=O)[O-]. The van der Waals surface area contributed by atoms with Gasteiger partial charge < -0.3 is 14.7 Å². The number of aliphatic carboxylic acids is 1. The number of nitrogens with zero attached hydrogens (tertiary/aromatic N) is 2. The molecule has 148 valence electrons. The summed E-state index contributed by atoms with van der Waals surface area (Å²) in [5.41, 5.74) is 1.59. The molecule has 0 unspecified atom stereocenters. The van der Waals surface area contributed by atoms with Crippen LogP contribution in [0, 0.1) is 10.1 Å². The van der Waals surface area contributed by atoms with E-state index in [1.807, 2.05) is 13.8 Å². The third kappa shape index (κ3) is 5.29. The number of carboxylic acids is 1. The van der Waals surface area contributed by atoms with E-state index in [0.717, 1.165) is 5.56 Å². The highest BCUT2D eigenvalue weighted by Gasteiger charge is 2.21. The molecule has 0 spiro atoms. The molecule has 8 nitrogen and oxygen atoms in total. The molecule has 0 aromatic heterocycles. The predicted octanol–water partition coefficient (Wildman–Crippen LogP) is 3.45. The quantitative estimate of drug-likeness (QED) is 0.549. The van der Waals surface area contributed by atoms with Crippen molar-refractivity contribution in [2.24, 2.45) is 0 Å². The van der Waals surface area contributed by atoms with Gasteiger partial charge in [0, 0.05) is 30.8 Å². The zero-order chi connectivity index (χ0) is 20.8. The molecule has 0 saturated carbocycles. The third-order valence-electron chi connectivity index (χ3n) is 4.15. The minimum absolute atomic E-state index is 0.0239. The zero-order valence-electron chi connectivity index (χ0n) is 15.9. The lowest BCUT2D eigenvalue weighted by Crippen LogP contribution is -2.26. The number of carbonyl (C=O) groups is 2. The first-order valence-electron chi connectivity index (χ1n) is 8.66. The summed E-state index contributed by atoms with van der Waals surface area (Å²) in [7, 11) is 1.61. The van der Waals surface area contributed by atoms with Crippen LogP contribution in [-0.4, -0.2) is 40.5 Å². The fraction of sp³-hybridized carbons (Fsp3) is 0.300. The molecule has 2 aromatic carbocycles. The summed E-state index contributed by atoms with van der Waals surface area (Å²) in [4.78, 5) is 35.5. The Labute approximate surface area is 162 Å². The fourth-order valence-electron chi connectivity index (χ4n) is 2.73. The van der Waals surface area contributed by atoms with E-state index in [2.05, 4.69) is 0 Å². The van der Waals surface area contributed by atoms with Crippen LogP contribution in [0.1, 0.15) is 41.3 Å². The van der Waals surface area contributed by atoms with E-state index in [9.17, 15) is 19.7 Å². The molecule has 0 saturated heterocycles. The normalized spacial score (nSPS) is 10.6. The summed E-state index contributed by atoms with van der Waals surface area (Å²) in [6, 6.07) is 11.2. The number of amides is 1. The lowest BCUT2D eigenvalue weighted by Gasteiger charge is -2.18. The highest BCUT2D eigenvalue weighted by molar-refractivity contribution is 5.94. The Morgan fingerprint density at radius 2 is 1.82 bits per heavy atom. The monoisotopic (exact) mass is 386 g/mol. The van der Waals surface area contributed by atoms with Gasteiger partial charge in [-0.25, -0.2) is 4.79 Å². The molecule has 0 fully saturated rings. The van der Waals surface area contributed by atoms with Gasteiger partial charge >= 0.3 is 5.97 Å². The molecule has 0 aliphatic rings. The Bertz CT molecular complexity index is 877. The second-order valence-electron chi connectivity index (χ2n) is 6.67. The van der Waals surface area contributed by atoms with Crippen LogP contribution in [0.5, 0.6) is 5.75 Å². The van der Waals surface area contributed by atoms with Crippen molar-refractivity contribution in [2.45, 2.75) is 26.3 Å². The van der Waals surface area contributed by atoms with Crippen LogP contribution in [0.2, 0.25) is 0 Å². The van der Waals surface area contributed by atoms with E-state index >= 15 is 0 Å². The highest BCUT2D eigenvalue weighted by atomic mass is 16.6. The van der Waals surface area contributed by atoms with Crippen molar-refractivity contribution in [1.82, 2.24) is 4.90 Å². The summed E-state index contributed by atoms with van der Waals surface area (Å²) in [5.74, 6) is -0.999. The molecule has 0 radical (unpaired) electrons. The highest BCUT2D eigenvalue weighted by Crippen LogP contribution is 2.27. The number of ether oxygens (including phenoxy) is 1. The molecule has 28 heavy (non-hydrogen) atoms. The van der Waals surface area contributed by atoms with E-state index < -0.39 is 17.5 Å². The number of carboxylic acid groups (broad SMARTS) is 1. The molecule has 1 N–H and O–H groups in total. The molecule has 8 heteroatoms. The molecule has 0 atom stereocenters. The van der Waals surface area contributed by atoms with Crippen LogP contribution >= 0.6 is 0 Å². The number of rotatable bonds is 8. The molecule has 2 aromatic rings. The van der Waals surface area contributed by atoms with Gasteiger partial charge in [0.05, 0.1) is 4.92 Å². The average Bonchev–Trinajstić information content (AvgIpc) is 2.66. The summed E-state index contributed by atoms with van der Waals surface area (Å²) >= 11 is 0. The van der Waals surface area contributed by atoms with Crippen molar-refractivity contribution < 1.29 is 24.4 Å². The minimum atomic E-state index is -1.06. The van der Waals surface area contributed by atoms with Crippen LogP contribution in [0.25, 0.3) is 0 Å². The first kappa shape index (κ1) is 20.9. The van der Waals surface area contributed by atoms with Gasteiger partial charge in [-0.05, 0) is 29.7 Å². The molecule has 0 bridgehead atoms. The number of hydrogen-bond donors (Lipinski definition) is 1. The Balaban J connectivity index is 2.11. The molecule has 2 rings (SSSR count). The zero-order valence-corrected chi connectivity index (χ0v) is 15.9. The van der Waals surface area contributed by atoms with Gasteiger partial charge in [0.2, 0.25) is 0 Å². The lowest BCUT2D eigenvalue weighted by molar-refractivity contribution is -0.385. The van der Waals surface area contributed by atoms with Gasteiger partial charge in [-0.15, -0.1) is 0 Å². The number of nitro groups is 1. The Morgan fingerprint density at radius 3 is 2.36 bits per heavy atom. The van der Waals surface area contributed by atoms with Crippen molar-refractivity contribution in [3.05, 3.63) is 69.3 Å². The van der Waals surface area contributed by atoms with Crippen molar-refractivity contribution in [1.29, 1.82) is 0 Å². The van der Waals surface area contributed by atoms with Crippen molar-refractivity contribution >= 4 is 17.6 Å². The van der Waals surface area contributed by atoms with Gasteiger partial charge in [0.25, 0.3) is 11.6 Å². The summed E-state index contributed by atoms with van der Waals surface area (Å²) in [6.45, 7) is 3.58. The topological polar surface area (TPSA) is 110 Å². The van der Waals surface area contributed by atoms with Crippen LogP contribution in [0.15, 0.2) is 42.5 Å². The van der Waals surface area contributed by atoms with E-state index in [0.29, 0.717) is 11.3 Å². The number of benzene rings is 2. The van der Waals surface area contributed by atoms with Crippen LogP contribution < -0.4 is 4.74 Å². The lowest BCUT2D eigenvalue weighted by atomic mass is 9.99. The largest absolute Gasteiger partial charge is 0.482 e. The van der Waals surface area contributed by atoms with Crippen molar-refractivity contribution in [3.8, 4) is 5.75 Å². The molecular formula is C20H22N2O6. The Hall–Kier alpha value is -3.42. The number of hydrogen-bond acceptors (Lipinski definition) is 5. The van der Waals surface area contributed by atoms with Gasteiger partial charge in [0.1, 0.15) is 5.75 Å². The van der Waals surface area contributed by atoms with E-state index in [-0.39, 0.29) is 29.6 Å². The van der Waals surface area contributed by atoms with Crippen LogP contribution in [-0.2, 0) is 11.3 Å². The van der Waals surface area contributed by atoms with Crippen LogP contribution in [0.3, 0.4) is 0 Å². The Morgan fingerprint density at radius 1 is 1.18 bits per heavy atom. The number of carbonyl (C=O) groups excluding carboxylic acids is 1. The first-order valence-corrected chi connectivity index (χ1v) is 8.66. The fourth-order valence-corrected chi connectivity index (χ4v) is 2.73. The smallest absolute Gasteiger partial charge is 0.341 e. The van der Waals surface area contributed by atoms with Gasteiger partial charge in [-0.2, -0.15) is 0 Å². The third-order valence-corrected chi connectivity index (χ3v) is 4.15. The summed E-state index contributed by atoms with van der Waals surface area (Å²) in [5, 5.41) is 19.9. The molecule has 0 heterocycles. The average molecular weight is 386 g/mol. The molecule has 0 aliphatic heterocycles. The Kier molecular flexibility index (Phi) is 6.70. The maximum Gasteiger partial charge on any atom is 0.341 e. The standard InChI is InChI=1S/C20H22N2O6/c1-13(2)17-9-6-15(10-18(17)22(26)27)20(25)21(3)11-14-4-7-16(8-5-14)28-12-19(23)24/h4-10,13H,11-12H2,1-3H3,(H,23,24). The van der Waals surface area contributed by atoms with Crippen molar-refractivity contribution in [2.75, 3.05) is 13.7 Å². The van der Waals surface area contributed by atoms with Gasteiger partial charge in [0.15, 0.2) is 6.61 Å². The van der Waals surface area contributed by atoms with E-state index in [1.165, 1.54) is 11.0 Å². The summed E-state index contributed by atoms with van der Waals surface area (Å²) < 4.78 is 5.07. The predicted molar refractivity (Wildman–Crippen MR) is 103 cm³/mol. The second-order valence-corrected chi connectivity index (χ2v) is 6.67. The van der Waals surface area contributed by atoms with Crippen molar-refractivity contribution in [3.63, 3.8) is 0 Å². The maximum atomic E-state index is 12.7. The summed E-state index contributed by atoms with van der Waals surface area (Å²) in [6.07, 6.45) is 0. The van der Waals surface area contributed by atoms with E-state index in [1.54, 1.807) is 43.4 Å². The first-order chi connectivity index (χ1) is 13.2. The van der Waals surface area contributed by atoms with Gasteiger partial charge in [-0.3, -0.25) is 14.9 Å². The molecule has 0 aliphatic carbocycles. The van der Waals surface area contributed by atoms with Gasteiger partial charge in [-0.1, -0.05) is 32.0 Å².